The molecule has 0 aromatic carbocycles. The third kappa shape index (κ3) is 3.60. The first-order chi connectivity index (χ1) is 8.28. The Kier molecular flexibility index (Phi) is 5.15. The van der Waals surface area contributed by atoms with Gasteiger partial charge < -0.3 is 14.7 Å². The van der Waals surface area contributed by atoms with Crippen LogP contribution in [-0.4, -0.2) is 60.5 Å². The molecule has 17 heavy (non-hydrogen) atoms. The molecular weight excluding hydrogens is 234 g/mol. The van der Waals surface area contributed by atoms with Gasteiger partial charge in [-0.05, 0) is 25.1 Å². The van der Waals surface area contributed by atoms with Crippen molar-refractivity contribution >= 4 is 11.8 Å². The molecule has 2 rings (SSSR count). The molecule has 0 spiro atoms. The highest BCUT2D eigenvalue weighted by atomic mass is 32.2. The van der Waals surface area contributed by atoms with Crippen molar-refractivity contribution in [1.82, 2.24) is 4.90 Å². The molecule has 2 saturated heterocycles. The fraction of sp³-hybridized carbons (Fsp3) is 1.00. The summed E-state index contributed by atoms with van der Waals surface area (Å²) in [4.78, 5) is 2.55. The van der Waals surface area contributed by atoms with Gasteiger partial charge in [0, 0.05) is 18.3 Å². The second kappa shape index (κ2) is 6.41. The molecule has 4 heteroatoms. The minimum Gasteiger partial charge on any atom is -0.396 e. The molecule has 1 atom stereocenters. The normalized spacial score (nSPS) is 29.6. The molecule has 2 aliphatic rings. The first kappa shape index (κ1) is 13.7. The van der Waals surface area contributed by atoms with Crippen LogP contribution in [0.25, 0.3) is 0 Å². The van der Waals surface area contributed by atoms with Gasteiger partial charge in [-0.2, -0.15) is 11.8 Å². The van der Waals surface area contributed by atoms with Crippen LogP contribution < -0.4 is 0 Å². The Labute approximate surface area is 109 Å². The molecule has 3 nitrogen and oxygen atoms in total. The lowest BCUT2D eigenvalue weighted by atomic mass is 9.86. The van der Waals surface area contributed by atoms with E-state index in [1.807, 2.05) is 0 Å². The van der Waals surface area contributed by atoms with Gasteiger partial charge in [0.2, 0.25) is 0 Å². The lowest BCUT2D eigenvalue weighted by Gasteiger charge is -2.43. The van der Waals surface area contributed by atoms with Gasteiger partial charge in [-0.1, -0.05) is 13.3 Å². The predicted octanol–water partition coefficient (Wildman–Crippen LogP) is 1.60. The van der Waals surface area contributed by atoms with E-state index in [1.165, 1.54) is 38.1 Å². The maximum absolute atomic E-state index is 9.49. The van der Waals surface area contributed by atoms with Crippen molar-refractivity contribution in [3.63, 3.8) is 0 Å². The molecule has 0 aliphatic carbocycles. The van der Waals surface area contributed by atoms with Crippen molar-refractivity contribution < 1.29 is 9.84 Å². The first-order valence-corrected chi connectivity index (χ1v) is 7.85. The van der Waals surface area contributed by atoms with E-state index >= 15 is 0 Å². The molecule has 0 aromatic rings. The van der Waals surface area contributed by atoms with Crippen LogP contribution in [0, 0.1) is 5.41 Å². The Morgan fingerprint density at radius 1 is 1.41 bits per heavy atom. The van der Waals surface area contributed by atoms with Gasteiger partial charge in [-0.25, -0.2) is 0 Å². The Hall–Kier alpha value is 0.230. The Morgan fingerprint density at radius 2 is 2.24 bits per heavy atom. The summed E-state index contributed by atoms with van der Waals surface area (Å²) in [7, 11) is 0. The number of aliphatic hydroxyl groups is 1. The Balaban J connectivity index is 1.85. The molecular formula is C13H25NO2S. The van der Waals surface area contributed by atoms with Gasteiger partial charge in [0.15, 0.2) is 0 Å². The minimum absolute atomic E-state index is 0.0474. The molecule has 1 N–H and O–H groups in total. The molecule has 100 valence electrons. The lowest BCUT2D eigenvalue weighted by Crippen LogP contribution is -2.54. The number of nitrogens with zero attached hydrogens (tertiary/aromatic N) is 1. The van der Waals surface area contributed by atoms with Crippen LogP contribution in [0.15, 0.2) is 0 Å². The Morgan fingerprint density at radius 3 is 2.82 bits per heavy atom. The third-order valence-electron chi connectivity index (χ3n) is 3.83. The first-order valence-electron chi connectivity index (χ1n) is 6.80. The molecule has 1 unspecified atom stereocenters. The average molecular weight is 259 g/mol. The topological polar surface area (TPSA) is 32.7 Å². The quantitative estimate of drug-likeness (QED) is 0.813. The zero-order valence-electron chi connectivity index (χ0n) is 10.9. The number of hydrogen-bond donors (Lipinski definition) is 1. The molecule has 0 bridgehead atoms. The summed E-state index contributed by atoms with van der Waals surface area (Å²) in [5, 5.41) is 10.3. The highest BCUT2D eigenvalue weighted by Crippen LogP contribution is 2.30. The number of likely N-dealkylation sites (tertiary alicyclic amines) is 1. The number of rotatable bonds is 5. The summed E-state index contributed by atoms with van der Waals surface area (Å²) in [6.07, 6.45) is 4.03. The van der Waals surface area contributed by atoms with Crippen molar-refractivity contribution in [2.24, 2.45) is 5.41 Å². The van der Waals surface area contributed by atoms with Gasteiger partial charge in [0.1, 0.15) is 0 Å². The van der Waals surface area contributed by atoms with Gasteiger partial charge in [0.05, 0.1) is 25.2 Å². The van der Waals surface area contributed by atoms with Crippen molar-refractivity contribution in [2.45, 2.75) is 31.4 Å². The maximum Gasteiger partial charge on any atom is 0.0579 e. The molecule has 2 fully saturated rings. The van der Waals surface area contributed by atoms with Crippen LogP contribution >= 0.6 is 11.8 Å². The van der Waals surface area contributed by atoms with E-state index in [4.69, 9.17) is 4.74 Å². The van der Waals surface area contributed by atoms with Gasteiger partial charge >= 0.3 is 0 Å². The molecule has 0 amide bonds. The largest absolute Gasteiger partial charge is 0.396 e. The summed E-state index contributed by atoms with van der Waals surface area (Å²) in [5.74, 6) is 1.22. The van der Waals surface area contributed by atoms with E-state index in [9.17, 15) is 5.11 Å². The van der Waals surface area contributed by atoms with E-state index < -0.39 is 0 Å². The van der Waals surface area contributed by atoms with Crippen LogP contribution in [-0.2, 0) is 4.74 Å². The van der Waals surface area contributed by atoms with E-state index in [1.54, 1.807) is 0 Å². The Bertz CT molecular complexity index is 228. The van der Waals surface area contributed by atoms with Crippen molar-refractivity contribution in [3.8, 4) is 0 Å². The summed E-state index contributed by atoms with van der Waals surface area (Å²) in [6.45, 7) is 7.41. The summed E-state index contributed by atoms with van der Waals surface area (Å²) in [5.41, 5.74) is 0.0474. The number of hydrogen-bond acceptors (Lipinski definition) is 4. The van der Waals surface area contributed by atoms with Crippen LogP contribution in [0.5, 0.6) is 0 Å². The third-order valence-corrected chi connectivity index (χ3v) is 5.02. The predicted molar refractivity (Wildman–Crippen MR) is 72.5 cm³/mol. The average Bonchev–Trinajstić information content (AvgIpc) is 2.49. The lowest BCUT2D eigenvalue weighted by molar-refractivity contribution is -0.148. The van der Waals surface area contributed by atoms with Gasteiger partial charge in [-0.3, -0.25) is 0 Å². The van der Waals surface area contributed by atoms with Crippen LogP contribution in [0.2, 0.25) is 0 Å². The molecule has 2 aliphatic heterocycles. The second-order valence-electron chi connectivity index (χ2n) is 5.46. The fourth-order valence-electron chi connectivity index (χ4n) is 2.79. The van der Waals surface area contributed by atoms with E-state index in [0.29, 0.717) is 0 Å². The van der Waals surface area contributed by atoms with Crippen molar-refractivity contribution in [3.05, 3.63) is 0 Å². The zero-order valence-corrected chi connectivity index (χ0v) is 11.7. The number of thioether (sulfide) groups is 1. The molecule has 0 aromatic heterocycles. The SMILES string of the molecule is CCSC1CCCCN(CC2(CO)COC2)C1. The van der Waals surface area contributed by atoms with Crippen molar-refractivity contribution in [1.29, 1.82) is 0 Å². The highest BCUT2D eigenvalue weighted by molar-refractivity contribution is 7.99. The molecule has 0 radical (unpaired) electrons. The summed E-state index contributed by atoms with van der Waals surface area (Å²) in [6, 6.07) is 0. The summed E-state index contributed by atoms with van der Waals surface area (Å²) >= 11 is 2.09. The van der Waals surface area contributed by atoms with Crippen LogP contribution in [0.4, 0.5) is 0 Å². The van der Waals surface area contributed by atoms with Crippen molar-refractivity contribution in [2.75, 3.05) is 45.2 Å². The maximum atomic E-state index is 9.49. The minimum atomic E-state index is 0.0474. The second-order valence-corrected chi connectivity index (χ2v) is 7.04. The van der Waals surface area contributed by atoms with E-state index in [2.05, 4.69) is 23.6 Å². The van der Waals surface area contributed by atoms with Gasteiger partial charge in [0.25, 0.3) is 0 Å². The summed E-state index contributed by atoms with van der Waals surface area (Å²) < 4.78 is 5.28. The zero-order chi connectivity index (χ0) is 12.1. The standard InChI is InChI=1S/C13H25NO2S/c1-2-17-12-5-3-4-6-14(7-12)8-13(9-15)10-16-11-13/h12,15H,2-11H2,1H3. The van der Waals surface area contributed by atoms with E-state index in [0.717, 1.165) is 25.0 Å². The molecule has 2 heterocycles. The molecule has 0 saturated carbocycles. The smallest absolute Gasteiger partial charge is 0.0579 e. The monoisotopic (exact) mass is 259 g/mol. The number of aliphatic hydroxyl groups excluding tert-OH is 1. The number of ether oxygens (including phenoxy) is 1. The van der Waals surface area contributed by atoms with Crippen LogP contribution in [0.3, 0.4) is 0 Å². The fourth-order valence-corrected chi connectivity index (χ4v) is 3.91. The van der Waals surface area contributed by atoms with Crippen LogP contribution in [0.1, 0.15) is 26.2 Å². The highest BCUT2D eigenvalue weighted by Gasteiger charge is 2.40. The van der Waals surface area contributed by atoms with Gasteiger partial charge in [-0.15, -0.1) is 0 Å². The van der Waals surface area contributed by atoms with E-state index in [-0.39, 0.29) is 12.0 Å².